The molecule has 2 N–H and O–H groups in total. The molecule has 0 spiro atoms. The fraction of sp³-hybridized carbons (Fsp3) is 0.571. The third kappa shape index (κ3) is 4.30. The van der Waals surface area contributed by atoms with E-state index in [0.717, 1.165) is 5.56 Å². The van der Waals surface area contributed by atoms with E-state index in [4.69, 9.17) is 0 Å². The van der Waals surface area contributed by atoms with Gasteiger partial charge in [0.1, 0.15) is 0 Å². The number of aliphatic hydroxyl groups is 2. The lowest BCUT2D eigenvalue weighted by molar-refractivity contribution is 0.0227. The Hall–Kier alpha value is -0.910. The van der Waals surface area contributed by atoms with Gasteiger partial charge in [-0.1, -0.05) is 26.0 Å². The lowest BCUT2D eigenvalue weighted by Gasteiger charge is -2.19. The Morgan fingerprint density at radius 3 is 2.37 bits per heavy atom. The van der Waals surface area contributed by atoms with Crippen LogP contribution in [0.4, 0.5) is 0 Å². The molecule has 0 aliphatic carbocycles. The maximum atomic E-state index is 11.8. The van der Waals surface area contributed by atoms with Crippen molar-refractivity contribution in [1.82, 2.24) is 0 Å². The van der Waals surface area contributed by atoms with Gasteiger partial charge in [0.15, 0.2) is 9.84 Å². The minimum Gasteiger partial charge on any atom is -0.391 e. The Balaban J connectivity index is 2.94. The first-order valence-electron chi connectivity index (χ1n) is 6.46. The molecule has 0 bridgehead atoms. The van der Waals surface area contributed by atoms with Gasteiger partial charge in [0, 0.05) is 0 Å². The van der Waals surface area contributed by atoms with Crippen LogP contribution >= 0.6 is 0 Å². The molecule has 0 radical (unpaired) electrons. The van der Waals surface area contributed by atoms with Gasteiger partial charge in [-0.2, -0.15) is 0 Å². The number of benzene rings is 1. The summed E-state index contributed by atoms with van der Waals surface area (Å²) in [6.07, 6.45) is -1.20. The van der Waals surface area contributed by atoms with Crippen molar-refractivity contribution >= 4 is 9.84 Å². The molecule has 108 valence electrons. The first kappa shape index (κ1) is 16.1. The molecule has 5 heteroatoms. The van der Waals surface area contributed by atoms with Gasteiger partial charge in [-0.05, 0) is 37.0 Å². The zero-order valence-electron chi connectivity index (χ0n) is 11.6. The van der Waals surface area contributed by atoms with E-state index in [2.05, 4.69) is 0 Å². The van der Waals surface area contributed by atoms with E-state index in [1.165, 1.54) is 6.92 Å². The molecule has 0 aliphatic heterocycles. The summed E-state index contributed by atoms with van der Waals surface area (Å²) in [5, 5.41) is 19.0. The Morgan fingerprint density at radius 1 is 1.21 bits per heavy atom. The van der Waals surface area contributed by atoms with Crippen LogP contribution in [0.15, 0.2) is 29.2 Å². The summed E-state index contributed by atoms with van der Waals surface area (Å²) in [4.78, 5) is 0.311. The van der Waals surface area contributed by atoms with E-state index >= 15 is 0 Å². The summed E-state index contributed by atoms with van der Waals surface area (Å²) >= 11 is 0. The molecule has 0 fully saturated rings. The quantitative estimate of drug-likeness (QED) is 0.835. The number of aliphatic hydroxyl groups excluding tert-OH is 2. The van der Waals surface area contributed by atoms with Crippen LogP contribution in [0.1, 0.15) is 38.7 Å². The fourth-order valence-electron chi connectivity index (χ4n) is 1.88. The predicted octanol–water partition coefficient (Wildman–Crippen LogP) is 1.72. The SMILES string of the molecule is CCS(=O)(=O)c1cccc(C(C)CC(O)C(C)O)c1. The molecule has 0 saturated heterocycles. The summed E-state index contributed by atoms with van der Waals surface area (Å²) in [7, 11) is -3.21. The number of sulfone groups is 1. The van der Waals surface area contributed by atoms with Gasteiger partial charge in [-0.3, -0.25) is 0 Å². The Morgan fingerprint density at radius 2 is 1.84 bits per heavy atom. The zero-order chi connectivity index (χ0) is 14.6. The molecule has 0 heterocycles. The number of hydrogen-bond donors (Lipinski definition) is 2. The molecule has 0 amide bonds. The lowest BCUT2D eigenvalue weighted by Crippen LogP contribution is -2.24. The lowest BCUT2D eigenvalue weighted by atomic mass is 9.93. The maximum absolute atomic E-state index is 11.8. The molecule has 19 heavy (non-hydrogen) atoms. The molecule has 0 saturated carbocycles. The van der Waals surface area contributed by atoms with Crippen molar-refractivity contribution < 1.29 is 18.6 Å². The van der Waals surface area contributed by atoms with Gasteiger partial charge in [0.05, 0.1) is 22.9 Å². The first-order chi connectivity index (χ1) is 8.77. The van der Waals surface area contributed by atoms with Gasteiger partial charge in [0.2, 0.25) is 0 Å². The molecule has 1 aromatic rings. The van der Waals surface area contributed by atoms with Crippen LogP contribution in [0.2, 0.25) is 0 Å². The summed E-state index contributed by atoms with van der Waals surface area (Å²) in [6, 6.07) is 6.79. The summed E-state index contributed by atoms with van der Waals surface area (Å²) in [5.74, 6) is 0.0535. The van der Waals surface area contributed by atoms with Crippen molar-refractivity contribution in [3.05, 3.63) is 29.8 Å². The van der Waals surface area contributed by atoms with Crippen molar-refractivity contribution in [3.63, 3.8) is 0 Å². The highest BCUT2D eigenvalue weighted by atomic mass is 32.2. The minimum absolute atomic E-state index is 0.0170. The van der Waals surface area contributed by atoms with Crippen molar-refractivity contribution in [2.75, 3.05) is 5.75 Å². The molecule has 1 rings (SSSR count). The van der Waals surface area contributed by atoms with Crippen molar-refractivity contribution in [1.29, 1.82) is 0 Å². The van der Waals surface area contributed by atoms with Crippen molar-refractivity contribution in [3.8, 4) is 0 Å². The highest BCUT2D eigenvalue weighted by Gasteiger charge is 2.18. The second kappa shape index (κ2) is 6.50. The van der Waals surface area contributed by atoms with E-state index in [0.29, 0.717) is 11.3 Å². The van der Waals surface area contributed by atoms with E-state index < -0.39 is 22.0 Å². The van der Waals surface area contributed by atoms with E-state index in [9.17, 15) is 18.6 Å². The van der Waals surface area contributed by atoms with Crippen molar-refractivity contribution in [2.24, 2.45) is 0 Å². The topological polar surface area (TPSA) is 74.6 Å². The van der Waals surface area contributed by atoms with Gasteiger partial charge < -0.3 is 10.2 Å². The average Bonchev–Trinajstić information content (AvgIpc) is 2.38. The predicted molar refractivity (Wildman–Crippen MR) is 74.9 cm³/mol. The number of hydrogen-bond acceptors (Lipinski definition) is 4. The van der Waals surface area contributed by atoms with Crippen LogP contribution in [0, 0.1) is 0 Å². The monoisotopic (exact) mass is 286 g/mol. The highest BCUT2D eigenvalue weighted by Crippen LogP contribution is 2.24. The standard InChI is InChI=1S/C14H22O4S/c1-4-19(17,18)13-7-5-6-12(9-13)10(2)8-14(16)11(3)15/h5-7,9-11,14-16H,4,8H2,1-3H3. The molecule has 3 atom stereocenters. The van der Waals surface area contributed by atoms with Crippen LogP contribution < -0.4 is 0 Å². The summed E-state index contributed by atoms with van der Waals surface area (Å²) in [5.41, 5.74) is 0.856. The van der Waals surface area contributed by atoms with Crippen LogP contribution in [0.5, 0.6) is 0 Å². The van der Waals surface area contributed by atoms with E-state index in [1.54, 1.807) is 25.1 Å². The zero-order valence-corrected chi connectivity index (χ0v) is 12.4. The maximum Gasteiger partial charge on any atom is 0.178 e. The summed E-state index contributed by atoms with van der Waals surface area (Å²) < 4.78 is 23.6. The smallest absolute Gasteiger partial charge is 0.178 e. The number of rotatable bonds is 6. The Bertz CT molecular complexity index is 508. The summed E-state index contributed by atoms with van der Waals surface area (Å²) in [6.45, 7) is 5.06. The van der Waals surface area contributed by atoms with Gasteiger partial charge in [-0.15, -0.1) is 0 Å². The first-order valence-corrected chi connectivity index (χ1v) is 8.12. The van der Waals surface area contributed by atoms with Gasteiger partial charge in [-0.25, -0.2) is 8.42 Å². The molecule has 4 nitrogen and oxygen atoms in total. The van der Waals surface area contributed by atoms with Crippen LogP contribution in [-0.4, -0.2) is 36.6 Å². The Kier molecular flexibility index (Phi) is 5.52. The van der Waals surface area contributed by atoms with Gasteiger partial charge >= 0.3 is 0 Å². The highest BCUT2D eigenvalue weighted by molar-refractivity contribution is 7.91. The van der Waals surface area contributed by atoms with Crippen LogP contribution in [-0.2, 0) is 9.84 Å². The largest absolute Gasteiger partial charge is 0.391 e. The molecule has 3 unspecified atom stereocenters. The average molecular weight is 286 g/mol. The van der Waals surface area contributed by atoms with Gasteiger partial charge in [0.25, 0.3) is 0 Å². The Labute approximate surface area is 115 Å². The molecular weight excluding hydrogens is 264 g/mol. The fourth-order valence-corrected chi connectivity index (χ4v) is 2.81. The molecule has 0 aliphatic rings. The second-order valence-corrected chi connectivity index (χ2v) is 7.20. The third-order valence-electron chi connectivity index (χ3n) is 3.32. The molecule has 0 aromatic heterocycles. The second-order valence-electron chi connectivity index (χ2n) is 4.92. The minimum atomic E-state index is -3.21. The van der Waals surface area contributed by atoms with Crippen molar-refractivity contribution in [2.45, 2.75) is 50.2 Å². The van der Waals surface area contributed by atoms with E-state index in [-0.39, 0.29) is 11.7 Å². The molecular formula is C14H22O4S. The van der Waals surface area contributed by atoms with E-state index in [1.807, 2.05) is 13.0 Å². The van der Waals surface area contributed by atoms with Crippen LogP contribution in [0.3, 0.4) is 0 Å². The molecule has 1 aromatic carbocycles. The van der Waals surface area contributed by atoms with Crippen LogP contribution in [0.25, 0.3) is 0 Å². The normalized spacial score (nSPS) is 16.9. The third-order valence-corrected chi connectivity index (χ3v) is 5.05.